The van der Waals surface area contributed by atoms with Crippen LogP contribution in [0.4, 0.5) is 0 Å². The summed E-state index contributed by atoms with van der Waals surface area (Å²) in [6.07, 6.45) is 0. The third kappa shape index (κ3) is 3.82. The molecule has 0 fully saturated rings. The topological polar surface area (TPSA) is 53.0 Å². The van der Waals surface area contributed by atoms with E-state index in [4.69, 9.17) is 9.63 Å². The van der Waals surface area contributed by atoms with Crippen LogP contribution in [0.2, 0.25) is 0 Å². The van der Waals surface area contributed by atoms with Gasteiger partial charge >= 0.3 is 7.67 Å². The lowest BCUT2D eigenvalue weighted by Gasteiger charge is -2.36. The minimum Gasteiger partial charge on any atom is -0.394 e. The van der Waals surface area contributed by atoms with Crippen LogP contribution in [0.15, 0.2) is 0 Å². The van der Waals surface area contributed by atoms with E-state index in [0.29, 0.717) is 26.2 Å². The lowest BCUT2D eigenvalue weighted by Crippen LogP contribution is -2.33. The molecule has 0 heterocycles. The summed E-state index contributed by atoms with van der Waals surface area (Å²) in [7, 11) is -2.95. The van der Waals surface area contributed by atoms with Crippen molar-refractivity contribution in [2.24, 2.45) is 0 Å². The molecule has 0 unspecified atom stereocenters. The Labute approximate surface area is 98.9 Å². The molecule has 0 saturated heterocycles. The van der Waals surface area contributed by atoms with Crippen LogP contribution < -0.4 is 0 Å². The SMILES string of the molecule is CCN(CC)P(=O)(OCCO)N(CC)CC. The molecule has 98 valence electrons. The van der Waals surface area contributed by atoms with Crippen LogP contribution in [0.1, 0.15) is 27.7 Å². The molecule has 6 heteroatoms. The Balaban J connectivity index is 4.91. The van der Waals surface area contributed by atoms with Crippen molar-refractivity contribution in [3.05, 3.63) is 0 Å². The molecule has 1 N–H and O–H groups in total. The van der Waals surface area contributed by atoms with Crippen LogP contribution >= 0.6 is 7.67 Å². The summed E-state index contributed by atoms with van der Waals surface area (Å²) in [5, 5.41) is 8.80. The summed E-state index contributed by atoms with van der Waals surface area (Å²) < 4.78 is 21.9. The molecule has 0 aromatic heterocycles. The lowest BCUT2D eigenvalue weighted by atomic mass is 10.7. The van der Waals surface area contributed by atoms with E-state index in [0.717, 1.165) is 0 Å². The number of aliphatic hydroxyl groups excluding tert-OH is 1. The van der Waals surface area contributed by atoms with Crippen molar-refractivity contribution in [1.29, 1.82) is 0 Å². The molecule has 0 rings (SSSR count). The van der Waals surface area contributed by atoms with Crippen LogP contribution in [0.5, 0.6) is 0 Å². The van der Waals surface area contributed by atoms with Gasteiger partial charge in [-0.25, -0.2) is 9.34 Å². The summed E-state index contributed by atoms with van der Waals surface area (Å²) in [5.41, 5.74) is 0. The molecule has 5 nitrogen and oxygen atoms in total. The van der Waals surface area contributed by atoms with E-state index < -0.39 is 7.67 Å². The quantitative estimate of drug-likeness (QED) is 0.634. The summed E-state index contributed by atoms with van der Waals surface area (Å²) in [4.78, 5) is 0. The standard InChI is InChI=1S/C10H25N2O3P/c1-5-11(6-2)16(14,15-10-9-13)12(7-3)8-4/h13H,5-10H2,1-4H3. The molecule has 0 radical (unpaired) electrons. The van der Waals surface area contributed by atoms with E-state index in [1.54, 1.807) is 0 Å². The molecule has 0 atom stereocenters. The highest BCUT2D eigenvalue weighted by Crippen LogP contribution is 2.53. The lowest BCUT2D eigenvalue weighted by molar-refractivity contribution is 0.164. The van der Waals surface area contributed by atoms with Crippen molar-refractivity contribution < 1.29 is 14.2 Å². The second-order valence-electron chi connectivity index (χ2n) is 3.33. The average Bonchev–Trinajstić information content (AvgIpc) is 2.29. The largest absolute Gasteiger partial charge is 0.394 e. The zero-order chi connectivity index (χ0) is 12.6. The van der Waals surface area contributed by atoms with Gasteiger partial charge in [0.2, 0.25) is 0 Å². The van der Waals surface area contributed by atoms with Crippen molar-refractivity contribution >= 4 is 7.67 Å². The van der Waals surface area contributed by atoms with Crippen molar-refractivity contribution in [2.75, 3.05) is 39.4 Å². The summed E-state index contributed by atoms with van der Waals surface area (Å²) in [6.45, 7) is 10.6. The third-order valence-corrected chi connectivity index (χ3v) is 5.61. The molecule has 0 amide bonds. The van der Waals surface area contributed by atoms with Crippen molar-refractivity contribution in [2.45, 2.75) is 27.7 Å². The summed E-state index contributed by atoms with van der Waals surface area (Å²) in [6, 6.07) is 0. The van der Waals surface area contributed by atoms with Crippen molar-refractivity contribution in [3.8, 4) is 0 Å². The smallest absolute Gasteiger partial charge is 0.346 e. The van der Waals surface area contributed by atoms with Crippen LogP contribution in [0.3, 0.4) is 0 Å². The molecule has 0 spiro atoms. The highest BCUT2D eigenvalue weighted by Gasteiger charge is 2.35. The highest BCUT2D eigenvalue weighted by molar-refractivity contribution is 7.53. The first kappa shape index (κ1) is 16.1. The molecule has 0 aliphatic rings. The van der Waals surface area contributed by atoms with Gasteiger partial charge in [0.1, 0.15) is 0 Å². The molecule has 0 aliphatic carbocycles. The van der Waals surface area contributed by atoms with Gasteiger partial charge < -0.3 is 9.63 Å². The zero-order valence-corrected chi connectivity index (χ0v) is 11.7. The highest BCUT2D eigenvalue weighted by atomic mass is 31.2. The van der Waals surface area contributed by atoms with Crippen LogP contribution in [0.25, 0.3) is 0 Å². The second-order valence-corrected chi connectivity index (χ2v) is 5.70. The predicted molar refractivity (Wildman–Crippen MR) is 66.5 cm³/mol. The maximum absolute atomic E-state index is 12.8. The monoisotopic (exact) mass is 252 g/mol. The number of hydrogen-bond donors (Lipinski definition) is 1. The summed E-state index contributed by atoms with van der Waals surface area (Å²) in [5.74, 6) is 0. The molecular weight excluding hydrogens is 227 g/mol. The van der Waals surface area contributed by atoms with Gasteiger partial charge in [-0.3, -0.25) is 4.57 Å². The number of aliphatic hydroxyl groups is 1. The van der Waals surface area contributed by atoms with Gasteiger partial charge in [0.15, 0.2) is 0 Å². The van der Waals surface area contributed by atoms with Gasteiger partial charge in [-0.1, -0.05) is 27.7 Å². The maximum Gasteiger partial charge on any atom is 0.346 e. The minimum absolute atomic E-state index is 0.105. The van der Waals surface area contributed by atoms with Gasteiger partial charge in [0.05, 0.1) is 13.2 Å². The van der Waals surface area contributed by atoms with E-state index >= 15 is 0 Å². The Bertz CT molecular complexity index is 202. The first-order valence-electron chi connectivity index (χ1n) is 5.96. The maximum atomic E-state index is 12.8. The molecular formula is C10H25N2O3P. The molecule has 16 heavy (non-hydrogen) atoms. The number of rotatable bonds is 9. The molecule has 0 aliphatic heterocycles. The van der Waals surface area contributed by atoms with Gasteiger partial charge in [0, 0.05) is 26.2 Å². The van der Waals surface area contributed by atoms with Crippen LogP contribution in [-0.4, -0.2) is 53.8 Å². The van der Waals surface area contributed by atoms with E-state index in [9.17, 15) is 4.57 Å². The molecule has 0 aromatic rings. The van der Waals surface area contributed by atoms with Crippen molar-refractivity contribution in [1.82, 2.24) is 9.34 Å². The second kappa shape index (κ2) is 8.20. The van der Waals surface area contributed by atoms with Crippen LogP contribution in [0, 0.1) is 0 Å². The van der Waals surface area contributed by atoms with Gasteiger partial charge in [-0.2, -0.15) is 0 Å². The van der Waals surface area contributed by atoms with Gasteiger partial charge in [-0.05, 0) is 0 Å². The normalized spacial score (nSPS) is 12.7. The predicted octanol–water partition coefficient (Wildman–Crippen LogP) is 1.79. The molecule has 0 bridgehead atoms. The van der Waals surface area contributed by atoms with Crippen LogP contribution in [-0.2, 0) is 9.09 Å². The van der Waals surface area contributed by atoms with Crippen molar-refractivity contribution in [3.63, 3.8) is 0 Å². The number of hydrogen-bond acceptors (Lipinski definition) is 3. The fraction of sp³-hybridized carbons (Fsp3) is 1.00. The molecule has 0 aromatic carbocycles. The van der Waals surface area contributed by atoms with Gasteiger partial charge in [0.25, 0.3) is 0 Å². The Hall–Kier alpha value is 0.0700. The zero-order valence-electron chi connectivity index (χ0n) is 10.8. The Morgan fingerprint density at radius 1 is 1.00 bits per heavy atom. The van der Waals surface area contributed by atoms with E-state index in [-0.39, 0.29) is 13.2 Å². The fourth-order valence-electron chi connectivity index (χ4n) is 1.66. The minimum atomic E-state index is -2.95. The first-order valence-corrected chi connectivity index (χ1v) is 7.49. The Kier molecular flexibility index (Phi) is 8.24. The Morgan fingerprint density at radius 3 is 1.62 bits per heavy atom. The van der Waals surface area contributed by atoms with E-state index in [1.165, 1.54) is 0 Å². The van der Waals surface area contributed by atoms with E-state index in [2.05, 4.69) is 0 Å². The fourth-order valence-corrected chi connectivity index (χ4v) is 4.10. The third-order valence-electron chi connectivity index (χ3n) is 2.53. The van der Waals surface area contributed by atoms with Gasteiger partial charge in [-0.15, -0.1) is 0 Å². The Morgan fingerprint density at radius 2 is 1.38 bits per heavy atom. The number of nitrogens with zero attached hydrogens (tertiary/aromatic N) is 2. The summed E-state index contributed by atoms with van der Waals surface area (Å²) >= 11 is 0. The average molecular weight is 252 g/mol. The molecule has 0 saturated carbocycles. The van der Waals surface area contributed by atoms with E-state index in [1.807, 2.05) is 37.0 Å². The first-order chi connectivity index (χ1) is 7.60.